The molecule has 1 saturated heterocycles. The molecule has 1 aromatic heterocycles. The van der Waals surface area contributed by atoms with Crippen LogP contribution in [0.3, 0.4) is 0 Å². The average Bonchev–Trinajstić information content (AvgIpc) is 2.83. The Morgan fingerprint density at radius 1 is 1.10 bits per heavy atom. The Bertz CT molecular complexity index is 563. The molecule has 0 amide bonds. The first-order valence-electron chi connectivity index (χ1n) is 7.85. The van der Waals surface area contributed by atoms with Gasteiger partial charge in [0, 0.05) is 25.7 Å². The lowest BCUT2D eigenvalue weighted by molar-refractivity contribution is 0.724. The van der Waals surface area contributed by atoms with Crippen molar-refractivity contribution in [3.05, 3.63) is 35.9 Å². The molecule has 0 bridgehead atoms. The minimum Gasteiger partial charge on any atom is -0.354 e. The van der Waals surface area contributed by atoms with E-state index in [4.69, 9.17) is 0 Å². The number of H-pyrrole nitrogens is 1. The molecule has 1 aromatic carbocycles. The minimum atomic E-state index is 0.570. The number of hydrogen-bond donors (Lipinski definition) is 2. The lowest BCUT2D eigenvalue weighted by Gasteiger charge is -2.18. The van der Waals surface area contributed by atoms with E-state index in [0.29, 0.717) is 5.92 Å². The zero-order valence-corrected chi connectivity index (χ0v) is 12.9. The number of hydrogen-bond acceptors (Lipinski definition) is 3. The first-order valence-corrected chi connectivity index (χ1v) is 7.85. The summed E-state index contributed by atoms with van der Waals surface area (Å²) in [5, 5.41) is 11.1. The summed E-state index contributed by atoms with van der Waals surface area (Å²) in [6.07, 6.45) is 1.17. The van der Waals surface area contributed by atoms with Crippen LogP contribution in [0.2, 0.25) is 0 Å². The zero-order valence-electron chi connectivity index (χ0n) is 12.9. The van der Waals surface area contributed by atoms with E-state index >= 15 is 0 Å². The fraction of sp³-hybridized carbons (Fsp3) is 0.471. The minimum absolute atomic E-state index is 0.570. The maximum Gasteiger partial charge on any atom is 0.151 e. The predicted octanol–water partition coefficient (Wildman–Crippen LogP) is 3.00. The van der Waals surface area contributed by atoms with Crippen LogP contribution in [-0.2, 0) is 0 Å². The highest BCUT2D eigenvalue weighted by molar-refractivity contribution is 5.63. The molecule has 0 unspecified atom stereocenters. The van der Waals surface area contributed by atoms with Gasteiger partial charge in [-0.25, -0.2) is 0 Å². The van der Waals surface area contributed by atoms with Gasteiger partial charge in [0.25, 0.3) is 0 Å². The number of nitrogens with zero attached hydrogens (tertiary/aromatic N) is 2. The van der Waals surface area contributed by atoms with Crippen LogP contribution in [0.5, 0.6) is 0 Å². The van der Waals surface area contributed by atoms with Gasteiger partial charge in [-0.3, -0.25) is 5.10 Å². The van der Waals surface area contributed by atoms with Gasteiger partial charge in [0.2, 0.25) is 0 Å². The van der Waals surface area contributed by atoms with Crippen molar-refractivity contribution in [3.63, 3.8) is 0 Å². The molecule has 1 fully saturated rings. The third-order valence-electron chi connectivity index (χ3n) is 4.12. The van der Waals surface area contributed by atoms with Gasteiger partial charge in [0.15, 0.2) is 5.82 Å². The quantitative estimate of drug-likeness (QED) is 0.910. The van der Waals surface area contributed by atoms with E-state index in [0.717, 1.165) is 37.7 Å². The number of aromatic amines is 1. The maximum absolute atomic E-state index is 4.49. The largest absolute Gasteiger partial charge is 0.354 e. The van der Waals surface area contributed by atoms with E-state index < -0.39 is 0 Å². The first-order chi connectivity index (χ1) is 10.2. The van der Waals surface area contributed by atoms with Crippen LogP contribution in [0.15, 0.2) is 30.3 Å². The second-order valence-electron chi connectivity index (χ2n) is 6.01. The molecule has 0 radical (unpaired) electrons. The molecule has 21 heavy (non-hydrogen) atoms. The summed E-state index contributed by atoms with van der Waals surface area (Å²) in [6, 6.07) is 10.9. The monoisotopic (exact) mass is 284 g/mol. The molecule has 4 heteroatoms. The van der Waals surface area contributed by atoms with Crippen molar-refractivity contribution in [1.82, 2.24) is 15.5 Å². The molecule has 3 rings (SSSR count). The SMILES string of the molecule is CC(C)c1ccc(-c2cc(N3CCCNCC3)n[nH]2)cc1. The van der Waals surface area contributed by atoms with Crippen molar-refractivity contribution >= 4 is 5.82 Å². The van der Waals surface area contributed by atoms with E-state index in [1.165, 1.54) is 17.5 Å². The van der Waals surface area contributed by atoms with Crippen LogP contribution in [0, 0.1) is 0 Å². The van der Waals surface area contributed by atoms with Gasteiger partial charge in [-0.05, 0) is 30.0 Å². The highest BCUT2D eigenvalue weighted by atomic mass is 15.3. The number of rotatable bonds is 3. The van der Waals surface area contributed by atoms with E-state index in [-0.39, 0.29) is 0 Å². The Hall–Kier alpha value is -1.81. The van der Waals surface area contributed by atoms with Gasteiger partial charge >= 0.3 is 0 Å². The number of anilines is 1. The topological polar surface area (TPSA) is 44.0 Å². The summed E-state index contributed by atoms with van der Waals surface area (Å²) < 4.78 is 0. The molecule has 2 N–H and O–H groups in total. The van der Waals surface area contributed by atoms with Crippen molar-refractivity contribution in [3.8, 4) is 11.3 Å². The lowest BCUT2D eigenvalue weighted by Crippen LogP contribution is -2.28. The molecule has 112 valence electrons. The van der Waals surface area contributed by atoms with Crippen molar-refractivity contribution in [2.24, 2.45) is 0 Å². The predicted molar refractivity (Wildman–Crippen MR) is 87.8 cm³/mol. The normalized spacial score (nSPS) is 16.2. The highest BCUT2D eigenvalue weighted by Crippen LogP contribution is 2.24. The average molecular weight is 284 g/mol. The molecule has 1 aliphatic rings. The van der Waals surface area contributed by atoms with Gasteiger partial charge in [-0.1, -0.05) is 38.1 Å². The third kappa shape index (κ3) is 3.27. The molecule has 1 aliphatic heterocycles. The highest BCUT2D eigenvalue weighted by Gasteiger charge is 2.13. The Labute approximate surface area is 126 Å². The molecule has 2 aromatic rings. The van der Waals surface area contributed by atoms with Crippen LogP contribution in [0.4, 0.5) is 5.82 Å². The fourth-order valence-corrected chi connectivity index (χ4v) is 2.74. The molecule has 2 heterocycles. The van der Waals surface area contributed by atoms with E-state index in [2.05, 4.69) is 64.6 Å². The molecular formula is C17H24N4. The molecular weight excluding hydrogens is 260 g/mol. The summed E-state index contributed by atoms with van der Waals surface area (Å²) in [5.74, 6) is 1.63. The van der Waals surface area contributed by atoms with Gasteiger partial charge in [0.1, 0.15) is 0 Å². The lowest BCUT2D eigenvalue weighted by atomic mass is 10.0. The van der Waals surface area contributed by atoms with E-state index in [9.17, 15) is 0 Å². The zero-order chi connectivity index (χ0) is 14.7. The van der Waals surface area contributed by atoms with Crippen LogP contribution in [0.25, 0.3) is 11.3 Å². The van der Waals surface area contributed by atoms with Crippen molar-refractivity contribution < 1.29 is 0 Å². The maximum atomic E-state index is 4.49. The Morgan fingerprint density at radius 2 is 1.90 bits per heavy atom. The van der Waals surface area contributed by atoms with Crippen LogP contribution in [0.1, 0.15) is 31.7 Å². The van der Waals surface area contributed by atoms with Crippen LogP contribution < -0.4 is 10.2 Å². The van der Waals surface area contributed by atoms with Gasteiger partial charge in [0.05, 0.1) is 5.69 Å². The molecule has 0 atom stereocenters. The number of aromatic nitrogens is 2. The summed E-state index contributed by atoms with van der Waals surface area (Å²) in [6.45, 7) is 8.67. The summed E-state index contributed by atoms with van der Waals surface area (Å²) in [7, 11) is 0. The second-order valence-corrected chi connectivity index (χ2v) is 6.01. The van der Waals surface area contributed by atoms with E-state index in [1.807, 2.05) is 0 Å². The fourth-order valence-electron chi connectivity index (χ4n) is 2.74. The van der Waals surface area contributed by atoms with Crippen molar-refractivity contribution in [1.29, 1.82) is 0 Å². The Balaban J connectivity index is 1.77. The smallest absolute Gasteiger partial charge is 0.151 e. The standard InChI is InChI=1S/C17H24N4/c1-13(2)14-4-6-15(7-5-14)16-12-17(20-19-16)21-10-3-8-18-9-11-21/h4-7,12-13,18H,3,8-11H2,1-2H3,(H,19,20). The first kappa shape index (κ1) is 14.1. The number of nitrogens with one attached hydrogen (secondary N) is 2. The van der Waals surface area contributed by atoms with Gasteiger partial charge < -0.3 is 10.2 Å². The summed E-state index contributed by atoms with van der Waals surface area (Å²) in [4.78, 5) is 2.35. The Morgan fingerprint density at radius 3 is 2.67 bits per heavy atom. The van der Waals surface area contributed by atoms with Crippen LogP contribution >= 0.6 is 0 Å². The number of benzene rings is 1. The molecule has 4 nitrogen and oxygen atoms in total. The second kappa shape index (κ2) is 6.31. The van der Waals surface area contributed by atoms with Gasteiger partial charge in [-0.2, -0.15) is 5.10 Å². The van der Waals surface area contributed by atoms with E-state index in [1.54, 1.807) is 0 Å². The molecule has 0 aliphatic carbocycles. The summed E-state index contributed by atoms with van der Waals surface area (Å²) >= 11 is 0. The molecule has 0 spiro atoms. The van der Waals surface area contributed by atoms with Crippen molar-refractivity contribution in [2.45, 2.75) is 26.2 Å². The van der Waals surface area contributed by atoms with Crippen LogP contribution in [-0.4, -0.2) is 36.4 Å². The Kier molecular flexibility index (Phi) is 4.25. The third-order valence-corrected chi connectivity index (χ3v) is 4.12. The van der Waals surface area contributed by atoms with Crippen molar-refractivity contribution in [2.75, 3.05) is 31.1 Å². The summed E-state index contributed by atoms with van der Waals surface area (Å²) in [5.41, 5.74) is 3.67. The van der Waals surface area contributed by atoms with Gasteiger partial charge in [-0.15, -0.1) is 0 Å². The molecule has 0 saturated carbocycles.